The Morgan fingerprint density at radius 3 is 2.54 bits per heavy atom. The van der Waals surface area contributed by atoms with E-state index in [2.05, 4.69) is 10.2 Å². The molecule has 1 amide bonds. The number of hydroxylamine groups is 2. The molecule has 1 aromatic heterocycles. The maximum Gasteiger partial charge on any atom is 0.233 e. The van der Waals surface area contributed by atoms with Crippen LogP contribution >= 0.6 is 0 Å². The normalized spacial score (nSPS) is 16.7. The molecule has 1 unspecified atom stereocenters. The second kappa shape index (κ2) is 11.6. The molecule has 1 aliphatic carbocycles. The zero-order chi connectivity index (χ0) is 26.4. The van der Waals surface area contributed by atoms with E-state index in [1.807, 2.05) is 37.3 Å². The standard InChI is InChI=1S/C27H29N3O6S/c1-19-14-21(26-4-2-3-5-27(26)28-19)16-36-24-10-12-25(13-11-24)37(34,35)17-23(30(33)18-31)15-20-6-8-22(29-32)9-7-20/h2-5,10-15,18,22-23,33H,6-9,16-17H2,1H3. The highest BCUT2D eigenvalue weighted by Gasteiger charge is 2.26. The van der Waals surface area contributed by atoms with Gasteiger partial charge in [-0.3, -0.25) is 15.0 Å². The first kappa shape index (κ1) is 26.4. The van der Waals surface area contributed by atoms with E-state index in [4.69, 9.17) is 4.74 Å². The lowest BCUT2D eigenvalue weighted by Crippen LogP contribution is -2.36. The molecule has 1 N–H and O–H groups in total. The average molecular weight is 524 g/mol. The molecule has 0 bridgehead atoms. The highest BCUT2D eigenvalue weighted by Crippen LogP contribution is 2.27. The van der Waals surface area contributed by atoms with Gasteiger partial charge < -0.3 is 4.74 Å². The summed E-state index contributed by atoms with van der Waals surface area (Å²) in [5, 5.41) is 14.5. The Kier molecular flexibility index (Phi) is 8.30. The molecule has 194 valence electrons. The Labute approximate surface area is 215 Å². The number of amides is 1. The van der Waals surface area contributed by atoms with Gasteiger partial charge in [0.15, 0.2) is 9.84 Å². The summed E-state index contributed by atoms with van der Waals surface area (Å²) in [6.45, 7) is 2.22. The van der Waals surface area contributed by atoms with Crippen LogP contribution in [0.3, 0.4) is 0 Å². The van der Waals surface area contributed by atoms with Crippen molar-refractivity contribution in [2.24, 2.45) is 5.18 Å². The summed E-state index contributed by atoms with van der Waals surface area (Å²) in [5.74, 6) is 0.0252. The number of aryl methyl sites for hydroxylation is 1. The number of sulfone groups is 1. The lowest BCUT2D eigenvalue weighted by atomic mass is 9.90. The first-order valence-electron chi connectivity index (χ1n) is 12.0. The number of aromatic nitrogens is 1. The van der Waals surface area contributed by atoms with E-state index in [-0.39, 0.29) is 17.3 Å². The predicted molar refractivity (Wildman–Crippen MR) is 139 cm³/mol. The SMILES string of the molecule is Cc1cc(COc2ccc(S(=O)(=O)CC(C=C3CCC(N=O)CC3)N(O)C=O)cc2)c2ccccc2n1. The van der Waals surface area contributed by atoms with Crippen molar-refractivity contribution < 1.29 is 23.2 Å². The molecule has 37 heavy (non-hydrogen) atoms. The third kappa shape index (κ3) is 6.58. The molecule has 1 heterocycles. The molecule has 1 atom stereocenters. The molecule has 0 radical (unpaired) electrons. The second-order valence-electron chi connectivity index (χ2n) is 9.20. The van der Waals surface area contributed by atoms with E-state index in [1.54, 1.807) is 18.2 Å². The Morgan fingerprint density at radius 1 is 1.16 bits per heavy atom. The minimum absolute atomic E-state index is 0.0571. The van der Waals surface area contributed by atoms with E-state index >= 15 is 0 Å². The van der Waals surface area contributed by atoms with Gasteiger partial charge in [-0.25, -0.2) is 13.5 Å². The highest BCUT2D eigenvalue weighted by atomic mass is 32.2. The number of allylic oxidation sites excluding steroid dienone is 1. The maximum atomic E-state index is 13.1. The van der Waals surface area contributed by atoms with Gasteiger partial charge in [-0.2, -0.15) is 4.91 Å². The summed E-state index contributed by atoms with van der Waals surface area (Å²) in [5.41, 5.74) is 3.63. The Bertz CT molecular complexity index is 1400. The van der Waals surface area contributed by atoms with E-state index in [0.29, 0.717) is 43.1 Å². The Hall–Kier alpha value is -3.63. The van der Waals surface area contributed by atoms with E-state index in [9.17, 15) is 23.3 Å². The largest absolute Gasteiger partial charge is 0.489 e. The number of nitrogens with zero attached hydrogens (tertiary/aromatic N) is 3. The van der Waals surface area contributed by atoms with E-state index < -0.39 is 21.6 Å². The van der Waals surface area contributed by atoms with Gasteiger partial charge in [0.2, 0.25) is 6.41 Å². The van der Waals surface area contributed by atoms with Gasteiger partial charge >= 0.3 is 0 Å². The number of rotatable bonds is 10. The smallest absolute Gasteiger partial charge is 0.233 e. The summed E-state index contributed by atoms with van der Waals surface area (Å²) < 4.78 is 32.1. The van der Waals surface area contributed by atoms with Crippen molar-refractivity contribution in [3.8, 4) is 5.75 Å². The lowest BCUT2D eigenvalue weighted by molar-refractivity contribution is -0.154. The first-order valence-corrected chi connectivity index (χ1v) is 13.7. The highest BCUT2D eigenvalue weighted by molar-refractivity contribution is 7.91. The van der Waals surface area contributed by atoms with Crippen molar-refractivity contribution in [2.75, 3.05) is 5.75 Å². The number of ether oxygens (including phenoxy) is 1. The fraction of sp³-hybridized carbons (Fsp3) is 0.333. The molecule has 4 rings (SSSR count). The fourth-order valence-corrected chi connectivity index (χ4v) is 5.98. The molecule has 2 aromatic carbocycles. The van der Waals surface area contributed by atoms with Gasteiger partial charge in [-0.05, 0) is 69.0 Å². The lowest BCUT2D eigenvalue weighted by Gasteiger charge is -2.24. The van der Waals surface area contributed by atoms with Gasteiger partial charge in [0.25, 0.3) is 0 Å². The van der Waals surface area contributed by atoms with Crippen LogP contribution in [0.1, 0.15) is 36.9 Å². The van der Waals surface area contributed by atoms with Gasteiger partial charge in [0.1, 0.15) is 12.4 Å². The molecular weight excluding hydrogens is 494 g/mol. The van der Waals surface area contributed by atoms with Crippen LogP contribution in [0.15, 0.2) is 76.3 Å². The predicted octanol–water partition coefficient (Wildman–Crippen LogP) is 4.75. The van der Waals surface area contributed by atoms with Crippen molar-refractivity contribution >= 4 is 27.2 Å². The number of para-hydroxylation sites is 1. The number of hydrogen-bond acceptors (Lipinski definition) is 8. The maximum absolute atomic E-state index is 13.1. The van der Waals surface area contributed by atoms with Crippen LogP contribution in [-0.4, -0.2) is 47.9 Å². The molecule has 0 spiro atoms. The molecule has 10 heteroatoms. The Morgan fingerprint density at radius 2 is 1.86 bits per heavy atom. The van der Waals surface area contributed by atoms with Crippen LogP contribution in [0.25, 0.3) is 10.9 Å². The van der Waals surface area contributed by atoms with Crippen molar-refractivity contribution in [3.05, 3.63) is 82.4 Å². The average Bonchev–Trinajstić information content (AvgIpc) is 2.91. The van der Waals surface area contributed by atoms with Crippen LogP contribution < -0.4 is 4.74 Å². The number of hydrogen-bond donors (Lipinski definition) is 1. The number of pyridine rings is 1. The van der Waals surface area contributed by atoms with Crippen molar-refractivity contribution in [2.45, 2.75) is 56.2 Å². The minimum Gasteiger partial charge on any atom is -0.489 e. The summed E-state index contributed by atoms with van der Waals surface area (Å²) >= 11 is 0. The molecule has 9 nitrogen and oxygen atoms in total. The summed E-state index contributed by atoms with van der Waals surface area (Å²) in [6, 6.07) is 14.5. The third-order valence-electron chi connectivity index (χ3n) is 6.52. The molecular formula is C27H29N3O6S. The monoisotopic (exact) mass is 523 g/mol. The minimum atomic E-state index is -3.84. The topological polar surface area (TPSA) is 126 Å². The van der Waals surface area contributed by atoms with E-state index in [1.165, 1.54) is 12.1 Å². The third-order valence-corrected chi connectivity index (χ3v) is 8.29. The zero-order valence-electron chi connectivity index (χ0n) is 20.5. The number of fused-ring (bicyclic) bond motifs is 1. The fourth-order valence-electron chi connectivity index (χ4n) is 4.54. The molecule has 1 aliphatic rings. The number of nitroso groups, excluding NO2 is 1. The van der Waals surface area contributed by atoms with Crippen molar-refractivity contribution in [1.82, 2.24) is 10.0 Å². The second-order valence-corrected chi connectivity index (χ2v) is 11.2. The molecule has 1 fully saturated rings. The van der Waals surface area contributed by atoms with Crippen molar-refractivity contribution in [1.29, 1.82) is 0 Å². The zero-order valence-corrected chi connectivity index (χ0v) is 21.3. The summed E-state index contributed by atoms with van der Waals surface area (Å²) in [4.78, 5) is 26.5. The van der Waals surface area contributed by atoms with Crippen LogP contribution in [0.5, 0.6) is 5.75 Å². The number of benzene rings is 2. The first-order chi connectivity index (χ1) is 17.8. The van der Waals surface area contributed by atoms with E-state index in [0.717, 1.165) is 27.7 Å². The number of carbonyl (C=O) groups is 1. The summed E-state index contributed by atoms with van der Waals surface area (Å²) in [7, 11) is -3.84. The summed E-state index contributed by atoms with van der Waals surface area (Å²) in [6.07, 6.45) is 4.06. The van der Waals surface area contributed by atoms with Gasteiger partial charge in [0, 0.05) is 16.6 Å². The number of carbonyl (C=O) groups excluding carboxylic acids is 1. The van der Waals surface area contributed by atoms with Crippen LogP contribution in [0, 0.1) is 11.8 Å². The van der Waals surface area contributed by atoms with Crippen LogP contribution in [-0.2, 0) is 21.2 Å². The Balaban J connectivity index is 1.45. The molecule has 0 aliphatic heterocycles. The van der Waals surface area contributed by atoms with Gasteiger partial charge in [0.05, 0.1) is 28.2 Å². The van der Waals surface area contributed by atoms with Gasteiger partial charge in [-0.15, -0.1) is 0 Å². The molecule has 3 aromatic rings. The van der Waals surface area contributed by atoms with Crippen molar-refractivity contribution in [3.63, 3.8) is 0 Å². The molecule has 1 saturated carbocycles. The van der Waals surface area contributed by atoms with Crippen LogP contribution in [0.2, 0.25) is 0 Å². The molecule has 0 saturated heterocycles. The quantitative estimate of drug-likeness (QED) is 0.134. The van der Waals surface area contributed by atoms with Crippen LogP contribution in [0.4, 0.5) is 0 Å². The van der Waals surface area contributed by atoms with Gasteiger partial charge in [-0.1, -0.05) is 35.0 Å².